The number of aromatic nitrogens is 1. The number of hydrogen-bond donors (Lipinski definition) is 1. The molecular weight excluding hydrogens is 407 g/mol. The van der Waals surface area contributed by atoms with Gasteiger partial charge in [0.1, 0.15) is 11.6 Å². The lowest BCUT2D eigenvalue weighted by Crippen LogP contribution is -2.47. The van der Waals surface area contributed by atoms with Gasteiger partial charge in [-0.25, -0.2) is 17.8 Å². The van der Waals surface area contributed by atoms with Crippen LogP contribution in [-0.4, -0.2) is 62.0 Å². The monoisotopic (exact) mass is 430 g/mol. The van der Waals surface area contributed by atoms with Crippen LogP contribution in [-0.2, 0) is 10.0 Å². The van der Waals surface area contributed by atoms with E-state index >= 15 is 4.39 Å². The first-order chi connectivity index (χ1) is 14.4. The maximum atomic E-state index is 15.1. The van der Waals surface area contributed by atoms with Gasteiger partial charge in [0.15, 0.2) is 0 Å². The highest BCUT2D eigenvalue weighted by Gasteiger charge is 2.30. The lowest BCUT2D eigenvalue weighted by atomic mass is 10.0. The number of piperazine rings is 1. The number of aliphatic imine (C=N–C) groups is 1. The molecule has 1 atom stereocenters. The minimum Gasteiger partial charge on any atom is -0.382 e. The molecule has 2 N–H and O–H groups in total. The second-order valence-electron chi connectivity index (χ2n) is 7.29. The lowest BCUT2D eigenvalue weighted by molar-refractivity contribution is 0.222. The fourth-order valence-electron chi connectivity index (χ4n) is 3.54. The largest absolute Gasteiger partial charge is 0.382 e. The summed E-state index contributed by atoms with van der Waals surface area (Å²) in [6.45, 7) is 2.06. The molecule has 10 heteroatoms. The van der Waals surface area contributed by atoms with Crippen molar-refractivity contribution < 1.29 is 12.8 Å². The number of sulfonamides is 1. The van der Waals surface area contributed by atoms with E-state index < -0.39 is 21.9 Å². The maximum Gasteiger partial charge on any atom is 0.243 e. The number of likely N-dealkylation sites (N-methyl/N-ethyl adjacent to an activating group) is 1. The summed E-state index contributed by atoms with van der Waals surface area (Å²) in [6.07, 6.45) is 6.42. The Balaban J connectivity index is 1.65. The van der Waals surface area contributed by atoms with Gasteiger partial charge in [-0.2, -0.15) is 4.31 Å². The quantitative estimate of drug-likeness (QED) is 0.791. The Morgan fingerprint density at radius 2 is 1.93 bits per heavy atom. The summed E-state index contributed by atoms with van der Waals surface area (Å²) in [7, 11) is -1.81. The van der Waals surface area contributed by atoms with Gasteiger partial charge in [-0.05, 0) is 31.3 Å². The summed E-state index contributed by atoms with van der Waals surface area (Å²) in [4.78, 5) is 12.0. The van der Waals surface area contributed by atoms with Crippen LogP contribution in [0.1, 0.15) is 11.6 Å². The van der Waals surface area contributed by atoms with E-state index in [1.54, 1.807) is 29.6 Å². The molecule has 2 aliphatic rings. The van der Waals surface area contributed by atoms with E-state index in [0.717, 1.165) is 6.07 Å². The predicted molar refractivity (Wildman–Crippen MR) is 113 cm³/mol. The molecule has 30 heavy (non-hydrogen) atoms. The van der Waals surface area contributed by atoms with Gasteiger partial charge in [0.05, 0.1) is 22.8 Å². The topological polar surface area (TPSA) is 95.1 Å². The molecule has 0 amide bonds. The summed E-state index contributed by atoms with van der Waals surface area (Å²) in [5.74, 6) is -0.339. The summed E-state index contributed by atoms with van der Waals surface area (Å²) in [5, 5.41) is 0. The molecule has 158 valence electrons. The van der Waals surface area contributed by atoms with Crippen molar-refractivity contribution in [1.29, 1.82) is 0 Å². The third-order valence-electron chi connectivity index (χ3n) is 5.27. The van der Waals surface area contributed by atoms with Crippen LogP contribution in [0.15, 0.2) is 64.6 Å². The van der Waals surface area contributed by atoms with Crippen LogP contribution in [0.25, 0.3) is 0 Å². The molecule has 0 bridgehead atoms. The number of halogens is 1. The summed E-state index contributed by atoms with van der Waals surface area (Å²) < 4.78 is 42.4. The van der Waals surface area contributed by atoms with Crippen molar-refractivity contribution in [3.05, 3.63) is 66.1 Å². The average molecular weight is 431 g/mol. The molecule has 1 aromatic heterocycles. The third-order valence-corrected chi connectivity index (χ3v) is 7.17. The van der Waals surface area contributed by atoms with E-state index in [0.29, 0.717) is 37.4 Å². The summed E-state index contributed by atoms with van der Waals surface area (Å²) in [5.41, 5.74) is 6.84. The van der Waals surface area contributed by atoms with Gasteiger partial charge < -0.3 is 15.5 Å². The highest BCUT2D eigenvalue weighted by molar-refractivity contribution is 7.89. The van der Waals surface area contributed by atoms with Crippen LogP contribution < -0.4 is 10.6 Å². The number of hydrogen-bond acceptors (Lipinski definition) is 7. The maximum absolute atomic E-state index is 15.1. The molecule has 0 radical (unpaired) electrons. The SMILES string of the molecule is CN1CCN(S(=O)(=O)c2ccc(C3C=NC(N)=CN3c3cccnc3)c(F)c2)CC1. The minimum absolute atomic E-state index is 0.0518. The van der Waals surface area contributed by atoms with E-state index in [1.165, 1.54) is 22.7 Å². The number of pyridine rings is 1. The molecule has 2 aliphatic heterocycles. The van der Waals surface area contributed by atoms with Gasteiger partial charge in [-0.1, -0.05) is 6.07 Å². The Morgan fingerprint density at radius 1 is 1.17 bits per heavy atom. The highest BCUT2D eigenvalue weighted by atomic mass is 32.2. The number of rotatable bonds is 4. The first kappa shape index (κ1) is 20.5. The molecule has 0 saturated carbocycles. The Hall–Kier alpha value is -2.82. The second-order valence-corrected chi connectivity index (χ2v) is 9.22. The van der Waals surface area contributed by atoms with Crippen molar-refractivity contribution in [3.63, 3.8) is 0 Å². The normalized spacial score (nSPS) is 20.9. The molecule has 8 nitrogen and oxygen atoms in total. The zero-order chi connectivity index (χ0) is 21.3. The molecule has 1 saturated heterocycles. The molecule has 1 unspecified atom stereocenters. The highest BCUT2D eigenvalue weighted by Crippen LogP contribution is 2.31. The molecular formula is C20H23FN6O2S. The molecule has 4 rings (SSSR count). The Bertz CT molecular complexity index is 1080. The predicted octanol–water partition coefficient (Wildman–Crippen LogP) is 1.55. The van der Waals surface area contributed by atoms with Crippen molar-refractivity contribution >= 4 is 21.9 Å². The van der Waals surface area contributed by atoms with Crippen LogP contribution in [0.4, 0.5) is 10.1 Å². The van der Waals surface area contributed by atoms with Crippen molar-refractivity contribution in [2.45, 2.75) is 10.9 Å². The van der Waals surface area contributed by atoms with Gasteiger partial charge in [0.25, 0.3) is 0 Å². The first-order valence-electron chi connectivity index (χ1n) is 9.54. The van der Waals surface area contributed by atoms with Crippen LogP contribution in [0.5, 0.6) is 0 Å². The van der Waals surface area contributed by atoms with Crippen LogP contribution in [0.2, 0.25) is 0 Å². The van der Waals surface area contributed by atoms with Gasteiger partial charge >= 0.3 is 0 Å². The van der Waals surface area contributed by atoms with E-state index in [1.807, 2.05) is 13.1 Å². The van der Waals surface area contributed by atoms with E-state index in [4.69, 9.17) is 5.73 Å². The molecule has 0 aliphatic carbocycles. The summed E-state index contributed by atoms with van der Waals surface area (Å²) in [6, 6.07) is 7.04. The zero-order valence-electron chi connectivity index (χ0n) is 16.5. The standard InChI is InChI=1S/C20H23FN6O2S/c1-25-7-9-26(10-8-25)30(28,29)16-4-5-17(18(21)11-16)19-13-24-20(22)14-27(19)15-3-2-6-23-12-15/h2-6,11-14,19H,7-10,22H2,1H3. The van der Waals surface area contributed by atoms with Crippen molar-refractivity contribution in [3.8, 4) is 0 Å². The van der Waals surface area contributed by atoms with Gasteiger partial charge in [-0.3, -0.25) is 4.98 Å². The lowest BCUT2D eigenvalue weighted by Gasteiger charge is -2.32. The average Bonchev–Trinajstić information content (AvgIpc) is 2.75. The Morgan fingerprint density at radius 3 is 2.60 bits per heavy atom. The molecule has 1 fully saturated rings. The van der Waals surface area contributed by atoms with Gasteiger partial charge in [0, 0.05) is 50.4 Å². The van der Waals surface area contributed by atoms with Gasteiger partial charge in [0.2, 0.25) is 10.0 Å². The van der Waals surface area contributed by atoms with Gasteiger partial charge in [-0.15, -0.1) is 0 Å². The fourth-order valence-corrected chi connectivity index (χ4v) is 4.98. The molecule has 0 spiro atoms. The van der Waals surface area contributed by atoms with Crippen LogP contribution in [0.3, 0.4) is 0 Å². The zero-order valence-corrected chi connectivity index (χ0v) is 17.3. The number of anilines is 1. The Labute approximate surface area is 175 Å². The second kappa shape index (κ2) is 8.13. The van der Waals surface area contributed by atoms with E-state index in [2.05, 4.69) is 14.9 Å². The summed E-state index contributed by atoms with van der Waals surface area (Å²) >= 11 is 0. The third kappa shape index (κ3) is 3.93. The van der Waals surface area contributed by atoms with Crippen molar-refractivity contribution in [1.82, 2.24) is 14.2 Å². The van der Waals surface area contributed by atoms with Crippen molar-refractivity contribution in [2.24, 2.45) is 10.7 Å². The Kier molecular flexibility index (Phi) is 5.54. The van der Waals surface area contributed by atoms with Crippen LogP contribution in [0, 0.1) is 5.82 Å². The van der Waals surface area contributed by atoms with E-state index in [-0.39, 0.29) is 10.7 Å². The molecule has 2 aromatic rings. The molecule has 3 heterocycles. The smallest absolute Gasteiger partial charge is 0.243 e. The molecule has 1 aromatic carbocycles. The van der Waals surface area contributed by atoms with E-state index in [9.17, 15) is 8.42 Å². The number of nitrogens with zero attached hydrogens (tertiary/aromatic N) is 5. The number of benzene rings is 1. The number of nitrogens with two attached hydrogens (primary N) is 1. The van der Waals surface area contributed by atoms with Crippen molar-refractivity contribution in [2.75, 3.05) is 38.1 Å². The van der Waals surface area contributed by atoms with Crippen LogP contribution >= 0.6 is 0 Å². The first-order valence-corrected chi connectivity index (χ1v) is 11.0. The minimum atomic E-state index is -3.75. The fraction of sp³-hybridized carbons (Fsp3) is 0.300.